The standard InChI is InChI=1S/C12H21NO/c1-2-3-10-4-6-12(14,7-5-10)11-8-13-9-11/h4,6,10-11,13-14H,2-3,5,7-9H2,1H3. The molecule has 1 saturated heterocycles. The van der Waals surface area contributed by atoms with Crippen LogP contribution < -0.4 is 5.32 Å². The fourth-order valence-electron chi connectivity index (χ4n) is 2.49. The van der Waals surface area contributed by atoms with Gasteiger partial charge in [-0.25, -0.2) is 0 Å². The summed E-state index contributed by atoms with van der Waals surface area (Å²) in [5, 5.41) is 13.6. The third-order valence-electron chi connectivity index (χ3n) is 3.72. The first-order chi connectivity index (χ1) is 6.74. The van der Waals surface area contributed by atoms with Crippen LogP contribution in [0.2, 0.25) is 0 Å². The Bertz CT molecular complexity index is 222. The van der Waals surface area contributed by atoms with E-state index >= 15 is 0 Å². The first kappa shape index (κ1) is 10.2. The van der Waals surface area contributed by atoms with Gasteiger partial charge in [0, 0.05) is 19.0 Å². The van der Waals surface area contributed by atoms with Crippen molar-refractivity contribution in [1.82, 2.24) is 5.32 Å². The largest absolute Gasteiger partial charge is 0.385 e. The Balaban J connectivity index is 1.94. The molecule has 14 heavy (non-hydrogen) atoms. The van der Waals surface area contributed by atoms with E-state index in [0.717, 1.165) is 25.9 Å². The number of nitrogens with one attached hydrogen (secondary N) is 1. The maximum Gasteiger partial charge on any atom is 0.0880 e. The lowest BCUT2D eigenvalue weighted by molar-refractivity contribution is -0.0123. The molecule has 0 amide bonds. The van der Waals surface area contributed by atoms with E-state index in [-0.39, 0.29) is 0 Å². The molecule has 0 aromatic carbocycles. The molecule has 80 valence electrons. The van der Waals surface area contributed by atoms with Crippen LogP contribution in [0.3, 0.4) is 0 Å². The van der Waals surface area contributed by atoms with Gasteiger partial charge in [-0.05, 0) is 25.2 Å². The Morgan fingerprint density at radius 2 is 2.29 bits per heavy atom. The van der Waals surface area contributed by atoms with Crippen molar-refractivity contribution in [3.05, 3.63) is 12.2 Å². The molecule has 1 heterocycles. The lowest BCUT2D eigenvalue weighted by Gasteiger charge is -2.42. The van der Waals surface area contributed by atoms with Crippen molar-refractivity contribution in [2.45, 2.75) is 38.2 Å². The molecule has 2 unspecified atom stereocenters. The van der Waals surface area contributed by atoms with Crippen LogP contribution in [0.1, 0.15) is 32.6 Å². The number of rotatable bonds is 3. The maximum atomic E-state index is 10.4. The Hall–Kier alpha value is -0.340. The summed E-state index contributed by atoms with van der Waals surface area (Å²) in [4.78, 5) is 0. The predicted octanol–water partition coefficient (Wildman–Crippen LogP) is 1.70. The van der Waals surface area contributed by atoms with Crippen molar-refractivity contribution < 1.29 is 5.11 Å². The van der Waals surface area contributed by atoms with Gasteiger partial charge in [0.15, 0.2) is 0 Å². The van der Waals surface area contributed by atoms with Crippen molar-refractivity contribution in [3.8, 4) is 0 Å². The summed E-state index contributed by atoms with van der Waals surface area (Å²) in [6.45, 7) is 4.20. The average Bonchev–Trinajstić information content (AvgIpc) is 2.06. The van der Waals surface area contributed by atoms with Gasteiger partial charge in [-0.1, -0.05) is 25.5 Å². The summed E-state index contributed by atoms with van der Waals surface area (Å²) in [6, 6.07) is 0. The van der Waals surface area contributed by atoms with E-state index in [0.29, 0.717) is 11.8 Å². The van der Waals surface area contributed by atoms with E-state index in [2.05, 4.69) is 24.4 Å². The lowest BCUT2D eigenvalue weighted by Crippen LogP contribution is -2.55. The van der Waals surface area contributed by atoms with Crippen LogP contribution in [0.4, 0.5) is 0 Å². The topological polar surface area (TPSA) is 32.3 Å². The summed E-state index contributed by atoms with van der Waals surface area (Å²) in [5.41, 5.74) is -0.491. The minimum absolute atomic E-state index is 0.460. The van der Waals surface area contributed by atoms with E-state index in [1.807, 2.05) is 0 Å². The second-order valence-corrected chi connectivity index (χ2v) is 4.79. The average molecular weight is 195 g/mol. The van der Waals surface area contributed by atoms with Crippen molar-refractivity contribution in [2.24, 2.45) is 11.8 Å². The van der Waals surface area contributed by atoms with Crippen LogP contribution in [0, 0.1) is 11.8 Å². The molecular weight excluding hydrogens is 174 g/mol. The number of hydrogen-bond acceptors (Lipinski definition) is 2. The fourth-order valence-corrected chi connectivity index (χ4v) is 2.49. The van der Waals surface area contributed by atoms with Gasteiger partial charge in [-0.2, -0.15) is 0 Å². The highest BCUT2D eigenvalue weighted by Gasteiger charge is 2.39. The van der Waals surface area contributed by atoms with Crippen LogP contribution in [0.15, 0.2) is 12.2 Å². The van der Waals surface area contributed by atoms with Gasteiger partial charge in [0.2, 0.25) is 0 Å². The van der Waals surface area contributed by atoms with E-state index < -0.39 is 5.60 Å². The van der Waals surface area contributed by atoms with Crippen molar-refractivity contribution in [2.75, 3.05) is 13.1 Å². The van der Waals surface area contributed by atoms with Crippen LogP contribution in [0.25, 0.3) is 0 Å². The summed E-state index contributed by atoms with van der Waals surface area (Å²) in [5.74, 6) is 1.18. The zero-order valence-electron chi connectivity index (χ0n) is 9.00. The van der Waals surface area contributed by atoms with Gasteiger partial charge in [0.1, 0.15) is 0 Å². The lowest BCUT2D eigenvalue weighted by atomic mass is 9.74. The quantitative estimate of drug-likeness (QED) is 0.672. The van der Waals surface area contributed by atoms with Crippen molar-refractivity contribution in [3.63, 3.8) is 0 Å². The fraction of sp³-hybridized carbons (Fsp3) is 0.833. The zero-order valence-corrected chi connectivity index (χ0v) is 9.00. The third kappa shape index (κ3) is 1.86. The Morgan fingerprint density at radius 3 is 2.71 bits per heavy atom. The highest BCUT2D eigenvalue weighted by Crippen LogP contribution is 2.35. The number of aliphatic hydroxyl groups is 1. The predicted molar refractivity (Wildman–Crippen MR) is 58.1 cm³/mol. The zero-order chi connectivity index (χ0) is 10.0. The molecule has 0 saturated carbocycles. The molecule has 2 aliphatic rings. The summed E-state index contributed by atoms with van der Waals surface area (Å²) in [6.07, 6.45) is 8.96. The molecule has 0 radical (unpaired) electrons. The molecule has 0 aromatic rings. The Morgan fingerprint density at radius 1 is 1.50 bits per heavy atom. The molecule has 0 aromatic heterocycles. The molecule has 0 spiro atoms. The van der Waals surface area contributed by atoms with Crippen molar-refractivity contribution in [1.29, 1.82) is 0 Å². The second kappa shape index (κ2) is 4.03. The monoisotopic (exact) mass is 195 g/mol. The van der Waals surface area contributed by atoms with E-state index in [4.69, 9.17) is 0 Å². The Labute approximate surface area is 86.4 Å². The first-order valence-electron chi connectivity index (χ1n) is 5.87. The summed E-state index contributed by atoms with van der Waals surface area (Å²) < 4.78 is 0. The molecule has 2 nitrogen and oxygen atoms in total. The van der Waals surface area contributed by atoms with Gasteiger partial charge in [-0.3, -0.25) is 0 Å². The maximum absolute atomic E-state index is 10.4. The normalized spacial score (nSPS) is 38.3. The second-order valence-electron chi connectivity index (χ2n) is 4.79. The van der Waals surface area contributed by atoms with Crippen LogP contribution in [-0.4, -0.2) is 23.8 Å². The molecule has 1 aliphatic carbocycles. The molecule has 1 aliphatic heterocycles. The molecular formula is C12H21NO. The van der Waals surface area contributed by atoms with E-state index in [1.54, 1.807) is 0 Å². The number of allylic oxidation sites excluding steroid dienone is 1. The van der Waals surface area contributed by atoms with Gasteiger partial charge < -0.3 is 10.4 Å². The highest BCUT2D eigenvalue weighted by atomic mass is 16.3. The molecule has 2 heteroatoms. The molecule has 2 atom stereocenters. The Kier molecular flexibility index (Phi) is 2.93. The first-order valence-corrected chi connectivity index (χ1v) is 5.87. The van der Waals surface area contributed by atoms with Gasteiger partial charge in [0.05, 0.1) is 5.60 Å². The molecule has 1 fully saturated rings. The molecule has 2 N–H and O–H groups in total. The van der Waals surface area contributed by atoms with E-state index in [1.165, 1.54) is 12.8 Å². The van der Waals surface area contributed by atoms with Gasteiger partial charge in [-0.15, -0.1) is 0 Å². The van der Waals surface area contributed by atoms with Crippen LogP contribution in [-0.2, 0) is 0 Å². The van der Waals surface area contributed by atoms with E-state index in [9.17, 15) is 5.11 Å². The third-order valence-corrected chi connectivity index (χ3v) is 3.72. The van der Waals surface area contributed by atoms with Crippen LogP contribution in [0.5, 0.6) is 0 Å². The smallest absolute Gasteiger partial charge is 0.0880 e. The van der Waals surface area contributed by atoms with Crippen LogP contribution >= 0.6 is 0 Å². The highest BCUT2D eigenvalue weighted by molar-refractivity contribution is 5.12. The van der Waals surface area contributed by atoms with Gasteiger partial charge in [0.25, 0.3) is 0 Å². The molecule has 2 rings (SSSR count). The minimum atomic E-state index is -0.491. The number of hydrogen-bond donors (Lipinski definition) is 2. The SMILES string of the molecule is CCCC1C=CC(O)(C2CNC2)CC1. The van der Waals surface area contributed by atoms with Gasteiger partial charge >= 0.3 is 0 Å². The molecule has 0 bridgehead atoms. The minimum Gasteiger partial charge on any atom is -0.385 e. The van der Waals surface area contributed by atoms with Crippen molar-refractivity contribution >= 4 is 0 Å². The summed E-state index contributed by atoms with van der Waals surface area (Å²) in [7, 11) is 0. The summed E-state index contributed by atoms with van der Waals surface area (Å²) >= 11 is 0.